The zero-order valence-electron chi connectivity index (χ0n) is 10.3. The highest BCUT2D eigenvalue weighted by Crippen LogP contribution is 2.23. The lowest BCUT2D eigenvalue weighted by molar-refractivity contribution is -0.117. The maximum atomic E-state index is 10.9. The van der Waals surface area contributed by atoms with E-state index in [1.165, 1.54) is 5.56 Å². The predicted octanol–water partition coefficient (Wildman–Crippen LogP) is 3.56. The van der Waals surface area contributed by atoms with E-state index < -0.39 is 0 Å². The van der Waals surface area contributed by atoms with Crippen molar-refractivity contribution in [3.05, 3.63) is 29.8 Å². The molecule has 2 nitrogen and oxygen atoms in total. The van der Waals surface area contributed by atoms with Gasteiger partial charge in [-0.15, -0.1) is 0 Å². The van der Waals surface area contributed by atoms with E-state index in [1.807, 2.05) is 19.1 Å². The smallest absolute Gasteiger partial charge is 0.129 e. The van der Waals surface area contributed by atoms with Crippen molar-refractivity contribution in [1.29, 1.82) is 0 Å². The molecule has 0 saturated heterocycles. The second-order valence-electron chi connectivity index (χ2n) is 4.14. The minimum absolute atomic E-state index is 0.262. The van der Waals surface area contributed by atoms with Crippen LogP contribution >= 0.6 is 0 Å². The molecular formula is C14H20O2. The van der Waals surface area contributed by atoms with Gasteiger partial charge in [0.05, 0.1) is 6.61 Å². The molecule has 1 unspecified atom stereocenters. The predicted molar refractivity (Wildman–Crippen MR) is 65.9 cm³/mol. The minimum atomic E-state index is 0.262. The van der Waals surface area contributed by atoms with Gasteiger partial charge in [0.2, 0.25) is 0 Å². The van der Waals surface area contributed by atoms with Gasteiger partial charge < -0.3 is 9.53 Å². The summed E-state index contributed by atoms with van der Waals surface area (Å²) in [7, 11) is 0. The highest BCUT2D eigenvalue weighted by atomic mass is 16.5. The van der Waals surface area contributed by atoms with Gasteiger partial charge in [-0.25, -0.2) is 0 Å². The Kier molecular flexibility index (Phi) is 5.03. The number of hydrogen-bond donors (Lipinski definition) is 0. The van der Waals surface area contributed by atoms with E-state index in [1.54, 1.807) is 6.92 Å². The quantitative estimate of drug-likeness (QED) is 0.732. The molecule has 0 amide bonds. The molecule has 2 heteroatoms. The van der Waals surface area contributed by atoms with Gasteiger partial charge in [0.1, 0.15) is 11.5 Å². The van der Waals surface area contributed by atoms with Crippen LogP contribution in [0.4, 0.5) is 0 Å². The Morgan fingerprint density at radius 3 is 2.44 bits per heavy atom. The molecule has 1 aromatic carbocycles. The Morgan fingerprint density at radius 1 is 1.31 bits per heavy atom. The summed E-state index contributed by atoms with van der Waals surface area (Å²) in [6.45, 7) is 6.46. The number of ketones is 1. The molecule has 0 spiro atoms. The van der Waals surface area contributed by atoms with Crippen molar-refractivity contribution in [3.8, 4) is 5.75 Å². The van der Waals surface area contributed by atoms with Crippen LogP contribution in [-0.2, 0) is 4.79 Å². The number of hydrogen-bond acceptors (Lipinski definition) is 2. The zero-order valence-corrected chi connectivity index (χ0v) is 10.3. The summed E-state index contributed by atoms with van der Waals surface area (Å²) in [5.41, 5.74) is 1.27. The van der Waals surface area contributed by atoms with Gasteiger partial charge in [-0.1, -0.05) is 19.1 Å². The third-order valence-corrected chi connectivity index (χ3v) is 2.69. The summed E-state index contributed by atoms with van der Waals surface area (Å²) in [6, 6.07) is 8.14. The van der Waals surface area contributed by atoms with E-state index in [0.29, 0.717) is 18.9 Å². The fraction of sp³-hybridized carbons (Fsp3) is 0.500. The maximum Gasteiger partial charge on any atom is 0.129 e. The van der Waals surface area contributed by atoms with Crippen LogP contribution in [0.3, 0.4) is 0 Å². The molecule has 0 saturated carbocycles. The second-order valence-corrected chi connectivity index (χ2v) is 4.14. The Bertz CT molecular complexity index is 327. The van der Waals surface area contributed by atoms with E-state index in [4.69, 9.17) is 4.74 Å². The molecule has 0 aliphatic heterocycles. The summed E-state index contributed by atoms with van der Waals surface area (Å²) in [5, 5.41) is 0. The number of rotatable bonds is 6. The number of ether oxygens (including phenoxy) is 1. The van der Waals surface area contributed by atoms with Gasteiger partial charge >= 0.3 is 0 Å². The summed E-state index contributed by atoms with van der Waals surface area (Å²) < 4.78 is 5.38. The fourth-order valence-electron chi connectivity index (χ4n) is 1.65. The lowest BCUT2D eigenvalue weighted by Crippen LogP contribution is -1.98. The van der Waals surface area contributed by atoms with Crippen LogP contribution in [0.5, 0.6) is 5.75 Å². The molecule has 16 heavy (non-hydrogen) atoms. The fourth-order valence-corrected chi connectivity index (χ4v) is 1.65. The van der Waals surface area contributed by atoms with Crippen LogP contribution in [0.1, 0.15) is 45.1 Å². The summed E-state index contributed by atoms with van der Waals surface area (Å²) in [6.07, 6.45) is 1.58. The van der Waals surface area contributed by atoms with E-state index in [2.05, 4.69) is 19.1 Å². The SMILES string of the molecule is CCOc1ccc(C(C)CCC(C)=O)cc1. The minimum Gasteiger partial charge on any atom is -0.494 e. The molecule has 0 aliphatic rings. The van der Waals surface area contributed by atoms with Crippen molar-refractivity contribution in [2.75, 3.05) is 6.61 Å². The Morgan fingerprint density at radius 2 is 1.94 bits per heavy atom. The van der Waals surface area contributed by atoms with Crippen molar-refractivity contribution in [2.45, 2.75) is 39.5 Å². The van der Waals surface area contributed by atoms with E-state index in [9.17, 15) is 4.79 Å². The van der Waals surface area contributed by atoms with Crippen molar-refractivity contribution < 1.29 is 9.53 Å². The van der Waals surface area contributed by atoms with Crippen molar-refractivity contribution in [2.24, 2.45) is 0 Å². The lowest BCUT2D eigenvalue weighted by atomic mass is 9.95. The Hall–Kier alpha value is -1.31. The molecule has 0 heterocycles. The summed E-state index contributed by atoms with van der Waals surface area (Å²) in [4.78, 5) is 10.9. The molecule has 88 valence electrons. The van der Waals surface area contributed by atoms with Crippen molar-refractivity contribution in [3.63, 3.8) is 0 Å². The number of Topliss-reactive ketones (excluding diaryl/α,β-unsaturated/α-hetero) is 1. The molecule has 1 atom stereocenters. The van der Waals surface area contributed by atoms with Gasteiger partial charge in [-0.05, 0) is 43.9 Å². The molecule has 0 N–H and O–H groups in total. The number of carbonyl (C=O) groups is 1. The standard InChI is InChI=1S/C14H20O2/c1-4-16-14-9-7-13(8-10-14)11(2)5-6-12(3)15/h7-11H,4-6H2,1-3H3. The van der Waals surface area contributed by atoms with Crippen LogP contribution in [0, 0.1) is 0 Å². The highest BCUT2D eigenvalue weighted by molar-refractivity contribution is 5.75. The maximum absolute atomic E-state index is 10.9. The second kappa shape index (κ2) is 6.31. The summed E-state index contributed by atoms with van der Waals surface area (Å²) >= 11 is 0. The molecule has 0 bridgehead atoms. The number of benzene rings is 1. The van der Waals surface area contributed by atoms with E-state index in [-0.39, 0.29) is 5.78 Å². The third kappa shape index (κ3) is 4.05. The first-order chi connectivity index (χ1) is 7.63. The van der Waals surface area contributed by atoms with E-state index >= 15 is 0 Å². The van der Waals surface area contributed by atoms with Crippen LogP contribution in [0.2, 0.25) is 0 Å². The van der Waals surface area contributed by atoms with Gasteiger partial charge in [0.15, 0.2) is 0 Å². The van der Waals surface area contributed by atoms with Crippen LogP contribution in [0.15, 0.2) is 24.3 Å². The molecule has 0 aromatic heterocycles. The average molecular weight is 220 g/mol. The normalized spacial score (nSPS) is 12.2. The zero-order chi connectivity index (χ0) is 12.0. The third-order valence-electron chi connectivity index (χ3n) is 2.69. The first-order valence-corrected chi connectivity index (χ1v) is 5.85. The molecule has 0 fully saturated rings. The van der Waals surface area contributed by atoms with Gasteiger partial charge in [-0.2, -0.15) is 0 Å². The molecular weight excluding hydrogens is 200 g/mol. The van der Waals surface area contributed by atoms with Gasteiger partial charge in [0, 0.05) is 6.42 Å². The van der Waals surface area contributed by atoms with Crippen LogP contribution < -0.4 is 4.74 Å². The van der Waals surface area contributed by atoms with E-state index in [0.717, 1.165) is 12.2 Å². The van der Waals surface area contributed by atoms with Gasteiger partial charge in [0.25, 0.3) is 0 Å². The first-order valence-electron chi connectivity index (χ1n) is 5.85. The van der Waals surface area contributed by atoms with Gasteiger partial charge in [-0.3, -0.25) is 0 Å². The lowest BCUT2D eigenvalue weighted by Gasteiger charge is -2.11. The topological polar surface area (TPSA) is 26.3 Å². The largest absolute Gasteiger partial charge is 0.494 e. The molecule has 0 aliphatic carbocycles. The number of carbonyl (C=O) groups excluding carboxylic acids is 1. The highest BCUT2D eigenvalue weighted by Gasteiger charge is 2.06. The first kappa shape index (κ1) is 12.8. The average Bonchev–Trinajstić information content (AvgIpc) is 2.27. The van der Waals surface area contributed by atoms with Crippen molar-refractivity contribution in [1.82, 2.24) is 0 Å². The summed E-state index contributed by atoms with van der Waals surface area (Å²) in [5.74, 6) is 1.60. The molecule has 1 aromatic rings. The van der Waals surface area contributed by atoms with Crippen LogP contribution in [-0.4, -0.2) is 12.4 Å². The molecule has 1 rings (SSSR count). The van der Waals surface area contributed by atoms with Crippen LogP contribution in [0.25, 0.3) is 0 Å². The Labute approximate surface area is 97.6 Å². The van der Waals surface area contributed by atoms with Crippen molar-refractivity contribution >= 4 is 5.78 Å². The monoisotopic (exact) mass is 220 g/mol. The Balaban J connectivity index is 2.55. The molecule has 0 radical (unpaired) electrons.